The number of benzene rings is 2. The van der Waals surface area contributed by atoms with Crippen molar-refractivity contribution in [3.63, 3.8) is 0 Å². The second-order valence-electron chi connectivity index (χ2n) is 20.0. The largest absolute Gasteiger partial charge is 0.496 e. The Balaban J connectivity index is 1.31. The molecule has 374 valence electrons. The second-order valence-corrected chi connectivity index (χ2v) is 22.2. The molecule has 9 rings (SSSR count). The molecule has 2 amide bonds. The van der Waals surface area contributed by atoms with E-state index in [4.69, 9.17) is 23.3 Å². The quantitative estimate of drug-likeness (QED) is 0.0703. The van der Waals surface area contributed by atoms with Crippen molar-refractivity contribution in [2.45, 2.75) is 113 Å². The van der Waals surface area contributed by atoms with Gasteiger partial charge in [0.05, 0.1) is 50.9 Å². The van der Waals surface area contributed by atoms with E-state index in [1.807, 2.05) is 56.3 Å². The van der Waals surface area contributed by atoms with E-state index in [0.717, 1.165) is 16.5 Å². The van der Waals surface area contributed by atoms with Gasteiger partial charge in [0.15, 0.2) is 6.10 Å². The van der Waals surface area contributed by atoms with Crippen LogP contribution in [0.15, 0.2) is 48.6 Å². The van der Waals surface area contributed by atoms with Gasteiger partial charge in [-0.15, -0.1) is 0 Å². The minimum atomic E-state index is -3.66. The Hall–Kier alpha value is -4.61. The van der Waals surface area contributed by atoms with Crippen molar-refractivity contribution in [2.75, 3.05) is 77.8 Å². The molecule has 3 fully saturated rings. The molecule has 2 aromatic carbocycles. The van der Waals surface area contributed by atoms with Crippen LogP contribution in [-0.2, 0) is 59.5 Å². The van der Waals surface area contributed by atoms with E-state index in [-0.39, 0.29) is 44.0 Å². The number of ether oxygens (including phenoxy) is 3. The van der Waals surface area contributed by atoms with Crippen LogP contribution in [0, 0.1) is 11.3 Å². The Morgan fingerprint density at radius 1 is 0.986 bits per heavy atom. The van der Waals surface area contributed by atoms with Crippen LogP contribution in [0.5, 0.6) is 5.75 Å². The molecule has 1 spiro atoms. The van der Waals surface area contributed by atoms with Gasteiger partial charge in [0, 0.05) is 84.7 Å². The molecule has 1 aromatic heterocycles. The number of carbonyl (C=O) groups excluding carboxylic acids is 4. The van der Waals surface area contributed by atoms with E-state index in [2.05, 4.69) is 20.1 Å². The minimum absolute atomic E-state index is 0.106. The fraction of sp³-hybridized carbons (Fsp3) is 0.608. The number of esters is 2. The maximum Gasteiger partial charge on any atom is 0.332 e. The first-order valence-corrected chi connectivity index (χ1v) is 26.3. The molecule has 5 aliphatic heterocycles. The van der Waals surface area contributed by atoms with Crippen LogP contribution in [0.25, 0.3) is 10.9 Å². The lowest BCUT2D eigenvalue weighted by atomic mass is 9.47. The molecule has 6 heterocycles. The third-order valence-corrected chi connectivity index (χ3v) is 18.8. The number of nitrogens with zero attached hydrogens (tertiary/aromatic N) is 3. The summed E-state index contributed by atoms with van der Waals surface area (Å²) < 4.78 is 43.2. The van der Waals surface area contributed by atoms with Gasteiger partial charge in [-0.25, -0.2) is 0 Å². The lowest BCUT2D eigenvalue weighted by Crippen LogP contribution is -2.82. The molecule has 6 aliphatic rings. The molecule has 18 heteroatoms. The Bertz CT molecular complexity index is 2590. The molecule has 0 radical (unpaired) electrons. The number of anilines is 1. The summed E-state index contributed by atoms with van der Waals surface area (Å²) in [5.74, 6) is -2.11. The van der Waals surface area contributed by atoms with Crippen LogP contribution >= 0.6 is 7.60 Å². The number of nitrogens with one attached hydrogen (secondary N) is 2. The maximum absolute atomic E-state index is 15.5. The van der Waals surface area contributed by atoms with Gasteiger partial charge in [0.1, 0.15) is 11.2 Å². The summed E-state index contributed by atoms with van der Waals surface area (Å²) in [6, 6.07) is 9.76. The number of piperidine rings is 1. The highest BCUT2D eigenvalue weighted by Crippen LogP contribution is 2.68. The van der Waals surface area contributed by atoms with Crippen LogP contribution in [0.4, 0.5) is 5.69 Å². The topological polar surface area (TPSA) is 209 Å². The van der Waals surface area contributed by atoms with Gasteiger partial charge in [-0.2, -0.15) is 0 Å². The van der Waals surface area contributed by atoms with Crippen molar-refractivity contribution in [3.05, 3.63) is 70.9 Å². The van der Waals surface area contributed by atoms with Crippen molar-refractivity contribution in [1.82, 2.24) is 20.1 Å². The number of aromatic nitrogens is 1. The van der Waals surface area contributed by atoms with Crippen LogP contribution in [0.3, 0.4) is 0 Å². The predicted octanol–water partition coefficient (Wildman–Crippen LogP) is 4.73. The molecule has 69 heavy (non-hydrogen) atoms. The van der Waals surface area contributed by atoms with Crippen molar-refractivity contribution in [3.8, 4) is 5.75 Å². The van der Waals surface area contributed by atoms with Crippen molar-refractivity contribution in [2.24, 2.45) is 11.3 Å². The lowest BCUT2D eigenvalue weighted by molar-refractivity contribution is -0.217. The summed E-state index contributed by atoms with van der Waals surface area (Å²) in [7, 11) is -0.767. The van der Waals surface area contributed by atoms with Crippen molar-refractivity contribution in [1.29, 1.82) is 0 Å². The highest BCUT2D eigenvalue weighted by Gasteiger charge is 2.80. The number of methoxy groups -OCH3 is 2. The Morgan fingerprint density at radius 2 is 1.74 bits per heavy atom. The van der Waals surface area contributed by atoms with Gasteiger partial charge < -0.3 is 48.7 Å². The summed E-state index contributed by atoms with van der Waals surface area (Å²) >= 11 is 0. The molecule has 17 nitrogen and oxygen atoms in total. The number of aromatic amines is 1. The van der Waals surface area contributed by atoms with Crippen molar-refractivity contribution < 1.29 is 57.2 Å². The predicted molar refractivity (Wildman–Crippen MR) is 257 cm³/mol. The van der Waals surface area contributed by atoms with E-state index >= 15 is 9.59 Å². The molecule has 2 bridgehead atoms. The summed E-state index contributed by atoms with van der Waals surface area (Å²) in [6.45, 7) is 11.3. The zero-order valence-electron chi connectivity index (χ0n) is 40.9. The molecule has 4 N–H and O–H groups in total. The fourth-order valence-electron chi connectivity index (χ4n) is 14.2. The highest BCUT2D eigenvalue weighted by molar-refractivity contribution is 7.53. The number of fused-ring (bicyclic) bond motifs is 6. The SMILES string of the molecule is CCOP(=O)(CCNC(=O)[C@@]1(O)[C@H](OC(C)=O)[C@]2(CC)C=CCN3CC[C@@]4(c5cc([C@@]6(C(=O)OC)C[C@H]7CN(CCc8c6[nH]c6ccccc86)C[C@](O)(CC)C7)c(OC)cc5N(C=O)[C@@H]14)[C@@H]32)OCC. The number of hydrogen-bond donors (Lipinski definition) is 4. The number of carbonyl (C=O) groups is 4. The summed E-state index contributed by atoms with van der Waals surface area (Å²) in [6.07, 6.45) is 5.28. The van der Waals surface area contributed by atoms with Gasteiger partial charge in [-0.3, -0.25) is 33.5 Å². The van der Waals surface area contributed by atoms with Gasteiger partial charge in [0.2, 0.25) is 12.0 Å². The average molecular weight is 974 g/mol. The molecule has 3 aromatic rings. The first kappa shape index (κ1) is 49.4. The number of H-pyrrole nitrogens is 1. The summed E-state index contributed by atoms with van der Waals surface area (Å²) in [5.41, 5.74) is -3.69. The molecule has 1 saturated carbocycles. The average Bonchev–Trinajstić information content (AvgIpc) is 4.01. The molecule has 1 aliphatic carbocycles. The van der Waals surface area contributed by atoms with Gasteiger partial charge in [-0.1, -0.05) is 44.2 Å². The summed E-state index contributed by atoms with van der Waals surface area (Å²) in [4.78, 5) is 68.0. The monoisotopic (exact) mass is 973 g/mol. The van der Waals surface area contributed by atoms with Crippen LogP contribution in [-0.4, -0.2) is 152 Å². The van der Waals surface area contributed by atoms with Crippen LogP contribution in [0.1, 0.15) is 89.1 Å². The number of rotatable bonds is 15. The van der Waals surface area contributed by atoms with Gasteiger partial charge in [-0.05, 0) is 88.1 Å². The number of amides is 2. The van der Waals surface area contributed by atoms with Crippen LogP contribution in [0.2, 0.25) is 0 Å². The number of aliphatic hydroxyl groups is 2. The van der Waals surface area contributed by atoms with Crippen LogP contribution < -0.4 is 15.0 Å². The molecular weight excluding hydrogens is 906 g/mol. The first-order chi connectivity index (χ1) is 33.0. The van der Waals surface area contributed by atoms with E-state index in [0.29, 0.717) is 93.7 Å². The normalized spacial score (nSPS) is 33.5. The third-order valence-electron chi connectivity index (χ3n) is 16.7. The third kappa shape index (κ3) is 7.34. The van der Waals surface area contributed by atoms with Gasteiger partial charge >= 0.3 is 19.5 Å². The summed E-state index contributed by atoms with van der Waals surface area (Å²) in [5, 5.41) is 29.7. The highest BCUT2D eigenvalue weighted by atomic mass is 31.2. The minimum Gasteiger partial charge on any atom is -0.496 e. The Kier molecular flexibility index (Phi) is 13.0. The Morgan fingerprint density at radius 3 is 2.41 bits per heavy atom. The van der Waals surface area contributed by atoms with Gasteiger partial charge in [0.25, 0.3) is 5.91 Å². The lowest BCUT2D eigenvalue weighted by Gasteiger charge is -2.63. The zero-order chi connectivity index (χ0) is 49.3. The first-order valence-electron chi connectivity index (χ1n) is 24.6. The van der Waals surface area contributed by atoms with E-state index in [9.17, 15) is 24.4 Å². The molecular formula is C51H68N5O12P. The number of para-hydroxylation sites is 1. The van der Waals surface area contributed by atoms with E-state index in [1.54, 1.807) is 19.9 Å². The van der Waals surface area contributed by atoms with E-state index in [1.165, 1.54) is 26.0 Å². The standard InChI is InChI=1S/C51H68N5O12P/c1-8-47(61)27-33-28-50(46(60)65-7,41-35(17-22-54(29-33)30-47)34-15-12-13-16-38(34)53-41)37-25-36-39(26-40(37)64-6)56(31-57)43-49(36)19-23-55-21-14-18-48(9-2,42(49)55)44(68-32(5)58)51(43,62)45(59)52-20-24-69(63,66-10-3)67-11-4/h12-16,18,25-26,31,33,42-44,53,61-62H,8-11,17,19-24,27-30H2,1-7H3,(H,52,59)/t33-,42-,43+,44+,47-,48+,49+,50-,51-/m0/s1. The maximum atomic E-state index is 15.5. The number of hydrogen-bond acceptors (Lipinski definition) is 14. The zero-order valence-corrected chi connectivity index (χ0v) is 41.8. The molecule has 1 unspecified atom stereocenters. The smallest absolute Gasteiger partial charge is 0.332 e. The Labute approximate surface area is 403 Å². The molecule has 10 atom stereocenters. The van der Waals surface area contributed by atoms with E-state index < -0.39 is 71.1 Å². The fourth-order valence-corrected chi connectivity index (χ4v) is 15.7. The second kappa shape index (κ2) is 18.2. The molecule has 2 saturated heterocycles. The van der Waals surface area contributed by atoms with Crippen molar-refractivity contribution >= 4 is 48.4 Å².